The van der Waals surface area contributed by atoms with Gasteiger partial charge in [-0.2, -0.15) is 0 Å². The van der Waals surface area contributed by atoms with Crippen molar-refractivity contribution < 1.29 is 23.9 Å². The van der Waals surface area contributed by atoms with Gasteiger partial charge in [-0.25, -0.2) is 4.79 Å². The van der Waals surface area contributed by atoms with Crippen LogP contribution in [0.1, 0.15) is 82.5 Å². The maximum Gasteiger partial charge on any atom is 0.408 e. The van der Waals surface area contributed by atoms with E-state index in [-0.39, 0.29) is 13.1 Å². The van der Waals surface area contributed by atoms with Crippen LogP contribution in [0.25, 0.3) is 0 Å². The molecular formula is C32H42N4O5. The van der Waals surface area contributed by atoms with Crippen molar-refractivity contribution in [2.45, 2.75) is 84.0 Å². The third-order valence-corrected chi connectivity index (χ3v) is 6.21. The molecule has 0 aliphatic heterocycles. The summed E-state index contributed by atoms with van der Waals surface area (Å²) in [5.41, 5.74) is 6.42. The molecule has 0 fully saturated rings. The van der Waals surface area contributed by atoms with Crippen LogP contribution >= 0.6 is 0 Å². The second-order valence-electron chi connectivity index (χ2n) is 10.8. The number of primary amides is 1. The van der Waals surface area contributed by atoms with E-state index in [0.717, 1.165) is 24.8 Å². The molecule has 2 aromatic rings. The number of rotatable bonds is 14. The van der Waals surface area contributed by atoms with E-state index in [0.29, 0.717) is 17.5 Å². The Kier molecular flexibility index (Phi) is 12.9. The van der Waals surface area contributed by atoms with Gasteiger partial charge >= 0.3 is 6.09 Å². The van der Waals surface area contributed by atoms with E-state index in [4.69, 9.17) is 16.9 Å². The molecule has 9 heteroatoms. The Hall–Kier alpha value is -4.32. The fraction of sp³-hybridized carbons (Fsp3) is 0.438. The lowest BCUT2D eigenvalue weighted by molar-refractivity contribution is -0.143. The largest absolute Gasteiger partial charge is 0.444 e. The van der Waals surface area contributed by atoms with Crippen LogP contribution in [0.4, 0.5) is 4.79 Å². The van der Waals surface area contributed by atoms with Gasteiger partial charge in [0.25, 0.3) is 0 Å². The molecule has 4 N–H and O–H groups in total. The molecule has 0 saturated carbocycles. The number of carbonyl (C=O) groups excluding carboxylic acids is 4. The first-order valence-corrected chi connectivity index (χ1v) is 13.9. The molecule has 0 saturated heterocycles. The highest BCUT2D eigenvalue weighted by atomic mass is 16.6. The maximum absolute atomic E-state index is 14.2. The highest BCUT2D eigenvalue weighted by Crippen LogP contribution is 2.27. The molecule has 2 atom stereocenters. The highest BCUT2D eigenvalue weighted by Gasteiger charge is 2.37. The minimum Gasteiger partial charge on any atom is -0.444 e. The number of nitrogens with one attached hydrogen (secondary N) is 2. The fourth-order valence-corrected chi connectivity index (χ4v) is 4.33. The first kappa shape index (κ1) is 32.9. The topological polar surface area (TPSA) is 131 Å². The number of hydrogen-bond donors (Lipinski definition) is 3. The van der Waals surface area contributed by atoms with Gasteiger partial charge in [-0.3, -0.25) is 14.4 Å². The van der Waals surface area contributed by atoms with Crippen molar-refractivity contribution in [2.24, 2.45) is 5.73 Å². The van der Waals surface area contributed by atoms with E-state index in [9.17, 15) is 19.2 Å². The van der Waals surface area contributed by atoms with Crippen LogP contribution in [0.2, 0.25) is 0 Å². The molecule has 41 heavy (non-hydrogen) atoms. The predicted octanol–water partition coefficient (Wildman–Crippen LogP) is 4.20. The van der Waals surface area contributed by atoms with Crippen molar-refractivity contribution >= 4 is 23.8 Å². The molecule has 0 aromatic heterocycles. The molecule has 0 bridgehead atoms. The van der Waals surface area contributed by atoms with E-state index in [1.54, 1.807) is 45.0 Å². The summed E-state index contributed by atoms with van der Waals surface area (Å²) in [5, 5.41) is 5.43. The van der Waals surface area contributed by atoms with Gasteiger partial charge in [-0.15, -0.1) is 6.42 Å². The molecule has 0 radical (unpaired) electrons. The van der Waals surface area contributed by atoms with Crippen molar-refractivity contribution in [2.75, 3.05) is 6.54 Å². The van der Waals surface area contributed by atoms with Crippen LogP contribution < -0.4 is 16.4 Å². The van der Waals surface area contributed by atoms with Crippen molar-refractivity contribution in [3.63, 3.8) is 0 Å². The lowest BCUT2D eigenvalue weighted by Crippen LogP contribution is -2.54. The quantitative estimate of drug-likeness (QED) is 0.235. The van der Waals surface area contributed by atoms with Gasteiger partial charge in [-0.1, -0.05) is 80.6 Å². The second-order valence-corrected chi connectivity index (χ2v) is 10.8. The van der Waals surface area contributed by atoms with Gasteiger partial charge in [0.15, 0.2) is 0 Å². The zero-order chi connectivity index (χ0) is 30.4. The number of amides is 4. The van der Waals surface area contributed by atoms with Crippen LogP contribution in [0.5, 0.6) is 0 Å². The first-order chi connectivity index (χ1) is 19.5. The number of hydrogen-bond acceptors (Lipinski definition) is 5. The van der Waals surface area contributed by atoms with Crippen LogP contribution in [-0.4, -0.2) is 46.9 Å². The number of unbranched alkanes of at least 4 members (excludes halogenated alkanes) is 3. The van der Waals surface area contributed by atoms with Gasteiger partial charge in [0, 0.05) is 18.7 Å². The Labute approximate surface area is 243 Å². The molecule has 4 amide bonds. The minimum atomic E-state index is -1.35. The van der Waals surface area contributed by atoms with E-state index < -0.39 is 47.9 Å². The number of carbonyl (C=O) groups is 4. The van der Waals surface area contributed by atoms with Crippen LogP contribution in [0.15, 0.2) is 54.6 Å². The number of nitrogens with zero attached hydrogens (tertiary/aromatic N) is 1. The second kappa shape index (κ2) is 16.1. The Balaban J connectivity index is 2.54. The van der Waals surface area contributed by atoms with Gasteiger partial charge in [-0.05, 0) is 44.4 Å². The summed E-state index contributed by atoms with van der Waals surface area (Å²) in [4.78, 5) is 54.1. The predicted molar refractivity (Wildman–Crippen MR) is 158 cm³/mol. The molecule has 0 heterocycles. The zero-order valence-electron chi connectivity index (χ0n) is 24.4. The minimum absolute atomic E-state index is 0.187. The van der Waals surface area contributed by atoms with Crippen LogP contribution in [0.3, 0.4) is 0 Å². The first-order valence-electron chi connectivity index (χ1n) is 13.9. The number of alkyl carbamates (subject to hydrolysis) is 1. The monoisotopic (exact) mass is 562 g/mol. The summed E-state index contributed by atoms with van der Waals surface area (Å²) in [5.74, 6) is 0.731. The molecule has 0 spiro atoms. The average molecular weight is 563 g/mol. The molecular weight excluding hydrogens is 520 g/mol. The molecule has 2 rings (SSSR count). The smallest absolute Gasteiger partial charge is 0.408 e. The number of nitrogens with two attached hydrogens (primary N) is 1. The third-order valence-electron chi connectivity index (χ3n) is 6.21. The summed E-state index contributed by atoms with van der Waals surface area (Å²) in [6.45, 7) is 7.53. The Morgan fingerprint density at radius 1 is 1.00 bits per heavy atom. The van der Waals surface area contributed by atoms with E-state index in [1.165, 1.54) is 4.90 Å². The van der Waals surface area contributed by atoms with Crippen molar-refractivity contribution in [3.05, 3.63) is 71.3 Å². The molecule has 220 valence electrons. The lowest BCUT2D eigenvalue weighted by Gasteiger charge is -2.35. The van der Waals surface area contributed by atoms with E-state index in [2.05, 4.69) is 23.5 Å². The van der Waals surface area contributed by atoms with E-state index in [1.807, 2.05) is 30.3 Å². The Morgan fingerprint density at radius 2 is 1.66 bits per heavy atom. The highest BCUT2D eigenvalue weighted by molar-refractivity contribution is 5.94. The van der Waals surface area contributed by atoms with Gasteiger partial charge in [0.05, 0.1) is 6.42 Å². The summed E-state index contributed by atoms with van der Waals surface area (Å²) in [7, 11) is 0. The standard InChI is InChI=1S/C32H42N4O5/c1-6-8-9-15-20-36(30(39)26(21-27(33)37)35-31(40)41-32(3,4)5)28(25-19-14-13-18-24(25)7-2)29(38)34-22-23-16-11-10-12-17-23/h2,10-14,16-19,26,28H,6,8-9,15,20-22H2,1,3-5H3,(H2,33,37)(H,34,38)(H,35,40). The molecule has 0 aliphatic rings. The van der Waals surface area contributed by atoms with Crippen LogP contribution in [-0.2, 0) is 25.7 Å². The van der Waals surface area contributed by atoms with Gasteiger partial charge < -0.3 is 26.0 Å². The lowest BCUT2D eigenvalue weighted by atomic mass is 9.96. The number of benzene rings is 2. The fourth-order valence-electron chi connectivity index (χ4n) is 4.33. The Bertz CT molecular complexity index is 1220. The molecule has 2 aromatic carbocycles. The van der Waals surface area contributed by atoms with Gasteiger partial charge in [0.1, 0.15) is 17.7 Å². The van der Waals surface area contributed by atoms with Gasteiger partial charge in [0.2, 0.25) is 17.7 Å². The maximum atomic E-state index is 14.2. The number of ether oxygens (including phenoxy) is 1. The normalized spacial score (nSPS) is 12.4. The Morgan fingerprint density at radius 3 is 2.27 bits per heavy atom. The summed E-state index contributed by atoms with van der Waals surface area (Å²) < 4.78 is 5.33. The SMILES string of the molecule is C#Cc1ccccc1C(C(=O)NCc1ccccc1)N(CCCCCC)C(=O)C(CC(N)=O)NC(=O)OC(C)(C)C. The summed E-state index contributed by atoms with van der Waals surface area (Å²) in [6, 6.07) is 13.8. The van der Waals surface area contributed by atoms with Crippen molar-refractivity contribution in [1.29, 1.82) is 0 Å². The van der Waals surface area contributed by atoms with Crippen molar-refractivity contribution in [1.82, 2.24) is 15.5 Å². The third kappa shape index (κ3) is 11.0. The zero-order valence-corrected chi connectivity index (χ0v) is 24.4. The van der Waals surface area contributed by atoms with Crippen LogP contribution in [0, 0.1) is 12.3 Å². The molecule has 9 nitrogen and oxygen atoms in total. The average Bonchev–Trinajstić information content (AvgIpc) is 2.92. The number of terminal acetylenes is 1. The van der Waals surface area contributed by atoms with Crippen molar-refractivity contribution in [3.8, 4) is 12.3 Å². The summed E-state index contributed by atoms with van der Waals surface area (Å²) >= 11 is 0. The molecule has 2 unspecified atom stereocenters. The van der Waals surface area contributed by atoms with E-state index >= 15 is 0 Å². The molecule has 0 aliphatic carbocycles. The summed E-state index contributed by atoms with van der Waals surface area (Å²) in [6.07, 6.45) is 7.77.